The molecule has 22 heavy (non-hydrogen) atoms. The van der Waals surface area contributed by atoms with Crippen LogP contribution < -0.4 is 0 Å². The van der Waals surface area contributed by atoms with E-state index >= 15 is 0 Å². The summed E-state index contributed by atoms with van der Waals surface area (Å²) < 4.78 is 23.4. The Morgan fingerprint density at radius 1 is 1.50 bits per heavy atom. The Balaban J connectivity index is 1.75. The fraction of sp³-hybridized carbons (Fsp3) is 0.467. The van der Waals surface area contributed by atoms with Crippen LogP contribution in [0, 0.1) is 5.82 Å². The first-order valence-electron chi connectivity index (χ1n) is 7.13. The number of methoxy groups -OCH3 is 1. The number of rotatable bonds is 5. The van der Waals surface area contributed by atoms with E-state index < -0.39 is 6.10 Å². The van der Waals surface area contributed by atoms with E-state index in [1.54, 1.807) is 13.2 Å². The van der Waals surface area contributed by atoms with Gasteiger partial charge in [0.1, 0.15) is 12.4 Å². The summed E-state index contributed by atoms with van der Waals surface area (Å²) in [4.78, 5) is 6.26. The van der Waals surface area contributed by atoms with Crippen molar-refractivity contribution in [3.8, 4) is 0 Å². The number of aromatic nitrogens is 2. The minimum atomic E-state index is -0.446. The Kier molecular flexibility index (Phi) is 4.47. The Bertz CT molecular complexity index is 634. The zero-order valence-corrected chi connectivity index (χ0v) is 12.3. The number of hydrogen-bond acceptors (Lipinski definition) is 6. The maximum atomic E-state index is 13.4. The molecule has 2 atom stereocenters. The van der Waals surface area contributed by atoms with Gasteiger partial charge < -0.3 is 14.4 Å². The lowest BCUT2D eigenvalue weighted by Crippen LogP contribution is -2.25. The second kappa shape index (κ2) is 6.51. The Morgan fingerprint density at radius 2 is 2.36 bits per heavy atom. The molecule has 0 spiro atoms. The van der Waals surface area contributed by atoms with Gasteiger partial charge in [0.25, 0.3) is 5.89 Å². The van der Waals surface area contributed by atoms with Crippen molar-refractivity contribution in [3.63, 3.8) is 0 Å². The topological polar surface area (TPSA) is 71.6 Å². The Morgan fingerprint density at radius 3 is 3.14 bits per heavy atom. The van der Waals surface area contributed by atoms with E-state index in [1.165, 1.54) is 12.1 Å². The highest BCUT2D eigenvalue weighted by Gasteiger charge is 2.33. The van der Waals surface area contributed by atoms with Crippen LogP contribution in [0.5, 0.6) is 0 Å². The van der Waals surface area contributed by atoms with Gasteiger partial charge in [-0.2, -0.15) is 4.98 Å². The van der Waals surface area contributed by atoms with Crippen LogP contribution in [0.2, 0.25) is 0 Å². The van der Waals surface area contributed by atoms with Crippen LogP contribution in [-0.4, -0.2) is 39.9 Å². The van der Waals surface area contributed by atoms with Crippen LogP contribution in [0.1, 0.15) is 29.7 Å². The highest BCUT2D eigenvalue weighted by Crippen LogP contribution is 2.33. The smallest absolute Gasteiger partial charge is 0.252 e. The van der Waals surface area contributed by atoms with E-state index in [4.69, 9.17) is 9.26 Å². The second-order valence-electron chi connectivity index (χ2n) is 5.43. The van der Waals surface area contributed by atoms with Gasteiger partial charge in [-0.3, -0.25) is 4.90 Å². The van der Waals surface area contributed by atoms with Gasteiger partial charge in [-0.05, 0) is 24.1 Å². The van der Waals surface area contributed by atoms with Crippen molar-refractivity contribution in [1.82, 2.24) is 15.0 Å². The average molecular weight is 307 g/mol. The largest absolute Gasteiger partial charge is 0.392 e. The van der Waals surface area contributed by atoms with E-state index in [0.29, 0.717) is 31.2 Å². The van der Waals surface area contributed by atoms with E-state index in [9.17, 15) is 9.50 Å². The number of β-amino-alcohol motifs (C(OH)–C–C–N with tert-alkyl or cyclic N) is 1. The molecule has 1 saturated heterocycles. The molecular weight excluding hydrogens is 289 g/mol. The molecular formula is C15H18FN3O3. The number of likely N-dealkylation sites (tertiary alicyclic amines) is 1. The van der Waals surface area contributed by atoms with Crippen molar-refractivity contribution in [2.24, 2.45) is 0 Å². The number of aliphatic hydroxyl groups is 1. The van der Waals surface area contributed by atoms with Crippen molar-refractivity contribution < 1.29 is 18.8 Å². The first-order chi connectivity index (χ1) is 10.7. The van der Waals surface area contributed by atoms with Crippen LogP contribution >= 0.6 is 0 Å². The second-order valence-corrected chi connectivity index (χ2v) is 5.43. The quantitative estimate of drug-likeness (QED) is 0.906. The number of aliphatic hydroxyl groups excluding tert-OH is 1. The standard InChI is InChI=1S/C15H18FN3O3/c1-21-9-15-17-14(18-22-15)8-19-7-12(20)6-13(19)10-3-2-4-11(16)5-10/h2-5,12-13,20H,6-9H2,1H3/t12-,13-/m1/s1. The molecule has 1 aliphatic heterocycles. The monoisotopic (exact) mass is 307 g/mol. The highest BCUT2D eigenvalue weighted by molar-refractivity contribution is 5.21. The molecule has 1 fully saturated rings. The number of halogens is 1. The van der Waals surface area contributed by atoms with E-state index in [0.717, 1.165) is 5.56 Å². The molecule has 6 nitrogen and oxygen atoms in total. The fourth-order valence-electron chi connectivity index (χ4n) is 2.83. The summed E-state index contributed by atoms with van der Waals surface area (Å²) in [7, 11) is 1.56. The molecule has 2 aromatic rings. The first-order valence-corrected chi connectivity index (χ1v) is 7.13. The van der Waals surface area contributed by atoms with Crippen LogP contribution in [0.4, 0.5) is 4.39 Å². The summed E-state index contributed by atoms with van der Waals surface area (Å²) in [5.74, 6) is 0.669. The summed E-state index contributed by atoms with van der Waals surface area (Å²) in [6.07, 6.45) is 0.116. The fourth-order valence-corrected chi connectivity index (χ4v) is 2.83. The highest BCUT2D eigenvalue weighted by atomic mass is 19.1. The zero-order valence-electron chi connectivity index (χ0n) is 12.3. The summed E-state index contributed by atoms with van der Waals surface area (Å²) in [5.41, 5.74) is 0.845. The lowest BCUT2D eigenvalue weighted by molar-refractivity contribution is 0.151. The van der Waals surface area contributed by atoms with Crippen molar-refractivity contribution in [3.05, 3.63) is 47.4 Å². The summed E-state index contributed by atoms with van der Waals surface area (Å²) in [6.45, 7) is 1.20. The van der Waals surface area contributed by atoms with Crippen LogP contribution in [0.15, 0.2) is 28.8 Å². The molecule has 1 N–H and O–H groups in total. The van der Waals surface area contributed by atoms with Gasteiger partial charge in [-0.25, -0.2) is 4.39 Å². The molecule has 1 aromatic carbocycles. The number of nitrogens with zero attached hydrogens (tertiary/aromatic N) is 3. The van der Waals surface area contributed by atoms with Gasteiger partial charge in [0.05, 0.1) is 12.6 Å². The van der Waals surface area contributed by atoms with Crippen molar-refractivity contribution in [1.29, 1.82) is 0 Å². The number of ether oxygens (including phenoxy) is 1. The molecule has 0 amide bonds. The van der Waals surface area contributed by atoms with Crippen molar-refractivity contribution in [2.45, 2.75) is 31.7 Å². The molecule has 0 aliphatic carbocycles. The van der Waals surface area contributed by atoms with Gasteiger partial charge in [-0.15, -0.1) is 0 Å². The third-order valence-electron chi connectivity index (χ3n) is 3.74. The minimum absolute atomic E-state index is 0.0601. The third-order valence-corrected chi connectivity index (χ3v) is 3.74. The van der Waals surface area contributed by atoms with Gasteiger partial charge in [-0.1, -0.05) is 17.3 Å². The summed E-state index contributed by atoms with van der Waals surface area (Å²) >= 11 is 0. The van der Waals surface area contributed by atoms with Crippen LogP contribution in [0.3, 0.4) is 0 Å². The van der Waals surface area contributed by atoms with E-state index in [-0.39, 0.29) is 18.5 Å². The average Bonchev–Trinajstić information content (AvgIpc) is 3.06. The molecule has 0 saturated carbocycles. The molecule has 2 heterocycles. The molecule has 0 radical (unpaired) electrons. The molecule has 0 unspecified atom stereocenters. The van der Waals surface area contributed by atoms with Crippen LogP contribution in [-0.2, 0) is 17.9 Å². The SMILES string of the molecule is COCc1nc(CN2C[C@H](O)C[C@@H]2c2cccc(F)c2)no1. The number of benzene rings is 1. The zero-order chi connectivity index (χ0) is 15.5. The van der Waals surface area contributed by atoms with Gasteiger partial charge in [0.15, 0.2) is 5.82 Å². The lowest BCUT2D eigenvalue weighted by atomic mass is 10.0. The Hall–Kier alpha value is -1.83. The first kappa shape index (κ1) is 15.1. The van der Waals surface area contributed by atoms with Gasteiger partial charge >= 0.3 is 0 Å². The Labute approximate surface area is 127 Å². The van der Waals surface area contributed by atoms with Crippen molar-refractivity contribution >= 4 is 0 Å². The van der Waals surface area contributed by atoms with Crippen molar-refractivity contribution in [2.75, 3.05) is 13.7 Å². The van der Waals surface area contributed by atoms with Gasteiger partial charge in [0, 0.05) is 19.7 Å². The summed E-state index contributed by atoms with van der Waals surface area (Å²) in [6, 6.07) is 6.40. The predicted octanol–water partition coefficient (Wildman–Crippen LogP) is 1.66. The normalized spacial score (nSPS) is 22.3. The molecule has 7 heteroatoms. The van der Waals surface area contributed by atoms with Gasteiger partial charge in [0.2, 0.25) is 0 Å². The summed E-state index contributed by atoms with van der Waals surface area (Å²) in [5, 5.41) is 13.9. The van der Waals surface area contributed by atoms with E-state index in [2.05, 4.69) is 10.1 Å². The van der Waals surface area contributed by atoms with Crippen LogP contribution in [0.25, 0.3) is 0 Å². The molecule has 1 aromatic heterocycles. The molecule has 1 aliphatic rings. The molecule has 118 valence electrons. The number of hydrogen-bond donors (Lipinski definition) is 1. The molecule has 3 rings (SSSR count). The molecule has 0 bridgehead atoms. The maximum Gasteiger partial charge on any atom is 0.252 e. The maximum absolute atomic E-state index is 13.4. The van der Waals surface area contributed by atoms with E-state index in [1.807, 2.05) is 11.0 Å². The third kappa shape index (κ3) is 3.32. The predicted molar refractivity (Wildman–Crippen MR) is 75.2 cm³/mol. The lowest BCUT2D eigenvalue weighted by Gasteiger charge is -2.22. The minimum Gasteiger partial charge on any atom is -0.392 e.